The molecule has 0 bridgehead atoms. The number of benzene rings is 1. The Morgan fingerprint density at radius 1 is 1.29 bits per heavy atom. The molecule has 1 aromatic carbocycles. The number of carbonyl (C=O) groups is 1. The van der Waals surface area contributed by atoms with Gasteiger partial charge in [-0.1, -0.05) is 39.8 Å². The van der Waals surface area contributed by atoms with Gasteiger partial charge in [-0.2, -0.15) is 0 Å². The highest BCUT2D eigenvalue weighted by atomic mass is 16.5. The van der Waals surface area contributed by atoms with Crippen molar-refractivity contribution in [3.05, 3.63) is 29.3 Å². The molecule has 0 aromatic heterocycles. The van der Waals surface area contributed by atoms with Crippen LogP contribution in [0.5, 0.6) is 5.75 Å². The van der Waals surface area contributed by atoms with E-state index in [-0.39, 0.29) is 18.0 Å². The van der Waals surface area contributed by atoms with Crippen LogP contribution in [0.4, 0.5) is 0 Å². The monoisotopic (exact) mass is 292 g/mol. The average Bonchev–Trinajstić information content (AvgIpc) is 2.36. The molecular weight excluding hydrogens is 264 g/mol. The fourth-order valence-corrected chi connectivity index (χ4v) is 2.24. The summed E-state index contributed by atoms with van der Waals surface area (Å²) in [5, 5.41) is 3.16. The number of aryl methyl sites for hydroxylation is 1. The lowest BCUT2D eigenvalue weighted by Crippen LogP contribution is -2.45. The molecule has 0 spiro atoms. The van der Waals surface area contributed by atoms with E-state index in [2.05, 4.69) is 31.3 Å². The van der Waals surface area contributed by atoms with E-state index in [0.717, 1.165) is 5.75 Å². The Labute approximate surface area is 128 Å². The van der Waals surface area contributed by atoms with Crippen molar-refractivity contribution < 1.29 is 9.53 Å². The number of hydrogen-bond acceptors (Lipinski definition) is 3. The first-order valence-electron chi connectivity index (χ1n) is 7.60. The first-order chi connectivity index (χ1) is 9.81. The molecule has 0 saturated heterocycles. The third kappa shape index (κ3) is 5.76. The van der Waals surface area contributed by atoms with Crippen molar-refractivity contribution in [2.45, 2.75) is 59.0 Å². The molecule has 21 heavy (non-hydrogen) atoms. The van der Waals surface area contributed by atoms with Crippen LogP contribution in [-0.2, 0) is 4.79 Å². The van der Waals surface area contributed by atoms with Crippen LogP contribution in [0.1, 0.15) is 51.2 Å². The Morgan fingerprint density at radius 2 is 1.95 bits per heavy atom. The lowest BCUT2D eigenvalue weighted by atomic mass is 10.0. The van der Waals surface area contributed by atoms with E-state index in [9.17, 15) is 4.79 Å². The van der Waals surface area contributed by atoms with Crippen molar-refractivity contribution >= 4 is 5.91 Å². The summed E-state index contributed by atoms with van der Waals surface area (Å²) in [5.41, 5.74) is 7.77. The number of nitrogens with two attached hydrogens (primary N) is 1. The van der Waals surface area contributed by atoms with Gasteiger partial charge in [-0.15, -0.1) is 0 Å². The van der Waals surface area contributed by atoms with E-state index in [1.807, 2.05) is 26.8 Å². The number of carbonyl (C=O) groups excluding carboxylic acids is 1. The topological polar surface area (TPSA) is 64.3 Å². The molecule has 0 aliphatic rings. The standard InChI is InChI=1S/C17H28N2O2/c1-11(2)14-7-6-13(5)10-16(14)21-9-8-15(17(18)20)19-12(3)4/h6-7,10-12,15,19H,8-9H2,1-5H3,(H2,18,20). The van der Waals surface area contributed by atoms with Gasteiger partial charge < -0.3 is 15.8 Å². The van der Waals surface area contributed by atoms with Crippen LogP contribution in [0.3, 0.4) is 0 Å². The summed E-state index contributed by atoms with van der Waals surface area (Å²) >= 11 is 0. The number of hydrogen-bond donors (Lipinski definition) is 2. The molecule has 1 atom stereocenters. The molecular formula is C17H28N2O2. The number of primary amides is 1. The van der Waals surface area contributed by atoms with Crippen molar-refractivity contribution in [2.75, 3.05) is 6.61 Å². The molecule has 0 heterocycles. The third-order valence-electron chi connectivity index (χ3n) is 3.33. The lowest BCUT2D eigenvalue weighted by molar-refractivity contribution is -0.120. The zero-order chi connectivity index (χ0) is 16.0. The zero-order valence-corrected chi connectivity index (χ0v) is 13.8. The Kier molecular flexibility index (Phi) is 6.69. The third-order valence-corrected chi connectivity index (χ3v) is 3.33. The quantitative estimate of drug-likeness (QED) is 0.774. The maximum atomic E-state index is 11.4. The predicted molar refractivity (Wildman–Crippen MR) is 86.6 cm³/mol. The van der Waals surface area contributed by atoms with Crippen molar-refractivity contribution in [3.63, 3.8) is 0 Å². The summed E-state index contributed by atoms with van der Waals surface area (Å²) in [7, 11) is 0. The van der Waals surface area contributed by atoms with Gasteiger partial charge in [0.2, 0.25) is 5.91 Å². The Hall–Kier alpha value is -1.55. The minimum atomic E-state index is -0.350. The van der Waals surface area contributed by atoms with Crippen LogP contribution in [0.25, 0.3) is 0 Å². The van der Waals surface area contributed by atoms with Crippen molar-refractivity contribution in [3.8, 4) is 5.75 Å². The average molecular weight is 292 g/mol. The van der Waals surface area contributed by atoms with E-state index in [1.54, 1.807) is 0 Å². The molecule has 0 aliphatic carbocycles. The van der Waals surface area contributed by atoms with Gasteiger partial charge in [0.25, 0.3) is 0 Å². The van der Waals surface area contributed by atoms with Gasteiger partial charge in [0, 0.05) is 12.5 Å². The highest BCUT2D eigenvalue weighted by molar-refractivity contribution is 5.79. The highest BCUT2D eigenvalue weighted by Crippen LogP contribution is 2.27. The van der Waals surface area contributed by atoms with Gasteiger partial charge in [-0.3, -0.25) is 4.79 Å². The van der Waals surface area contributed by atoms with Gasteiger partial charge in [-0.25, -0.2) is 0 Å². The molecule has 4 heteroatoms. The van der Waals surface area contributed by atoms with Crippen LogP contribution < -0.4 is 15.8 Å². The smallest absolute Gasteiger partial charge is 0.234 e. The first-order valence-corrected chi connectivity index (χ1v) is 7.60. The Morgan fingerprint density at radius 3 is 2.48 bits per heavy atom. The van der Waals surface area contributed by atoms with Gasteiger partial charge in [0.15, 0.2) is 0 Å². The first kappa shape index (κ1) is 17.5. The molecule has 0 fully saturated rings. The van der Waals surface area contributed by atoms with Crippen molar-refractivity contribution in [2.24, 2.45) is 5.73 Å². The number of rotatable bonds is 8. The summed E-state index contributed by atoms with van der Waals surface area (Å²) in [6.45, 7) is 10.8. The molecule has 0 aliphatic heterocycles. The number of ether oxygens (including phenoxy) is 1. The van der Waals surface area contributed by atoms with E-state index < -0.39 is 0 Å². The van der Waals surface area contributed by atoms with Crippen LogP contribution in [0, 0.1) is 6.92 Å². The SMILES string of the molecule is Cc1ccc(C(C)C)c(OCCC(NC(C)C)C(N)=O)c1. The fraction of sp³-hybridized carbons (Fsp3) is 0.588. The van der Waals surface area contributed by atoms with Gasteiger partial charge in [0.05, 0.1) is 12.6 Å². The number of nitrogens with one attached hydrogen (secondary N) is 1. The summed E-state index contributed by atoms with van der Waals surface area (Å²) in [5.74, 6) is 0.972. The molecule has 1 amide bonds. The maximum absolute atomic E-state index is 11.4. The van der Waals surface area contributed by atoms with E-state index in [4.69, 9.17) is 10.5 Å². The summed E-state index contributed by atoms with van der Waals surface area (Å²) in [6.07, 6.45) is 0.568. The molecule has 1 aromatic rings. The van der Waals surface area contributed by atoms with Gasteiger partial charge in [0.1, 0.15) is 5.75 Å². The van der Waals surface area contributed by atoms with Gasteiger partial charge in [-0.05, 0) is 30.0 Å². The molecule has 118 valence electrons. The Balaban J connectivity index is 2.66. The van der Waals surface area contributed by atoms with E-state index >= 15 is 0 Å². The maximum Gasteiger partial charge on any atom is 0.234 e. The Bertz CT molecular complexity index is 470. The summed E-state index contributed by atoms with van der Waals surface area (Å²) in [4.78, 5) is 11.4. The van der Waals surface area contributed by atoms with Crippen LogP contribution in [0.2, 0.25) is 0 Å². The second-order valence-electron chi connectivity index (χ2n) is 6.11. The second kappa shape index (κ2) is 8.03. The second-order valence-corrected chi connectivity index (χ2v) is 6.11. The highest BCUT2D eigenvalue weighted by Gasteiger charge is 2.16. The molecule has 4 nitrogen and oxygen atoms in total. The van der Waals surface area contributed by atoms with Crippen molar-refractivity contribution in [1.29, 1.82) is 0 Å². The van der Waals surface area contributed by atoms with E-state index in [1.165, 1.54) is 11.1 Å². The predicted octanol–water partition coefficient (Wildman–Crippen LogP) is 2.74. The van der Waals surface area contributed by atoms with Crippen molar-refractivity contribution in [1.82, 2.24) is 5.32 Å². The van der Waals surface area contributed by atoms with Crippen LogP contribution >= 0.6 is 0 Å². The molecule has 3 N–H and O–H groups in total. The summed E-state index contributed by atoms with van der Waals surface area (Å²) in [6, 6.07) is 6.11. The van der Waals surface area contributed by atoms with Gasteiger partial charge >= 0.3 is 0 Å². The minimum absolute atomic E-state index is 0.215. The zero-order valence-electron chi connectivity index (χ0n) is 13.8. The minimum Gasteiger partial charge on any atom is -0.493 e. The fourth-order valence-electron chi connectivity index (χ4n) is 2.24. The number of amides is 1. The largest absolute Gasteiger partial charge is 0.493 e. The lowest BCUT2D eigenvalue weighted by Gasteiger charge is -2.19. The molecule has 0 saturated carbocycles. The van der Waals surface area contributed by atoms with Crippen LogP contribution in [-0.4, -0.2) is 24.6 Å². The normalized spacial score (nSPS) is 12.7. The molecule has 1 rings (SSSR count). The molecule has 1 unspecified atom stereocenters. The molecule has 0 radical (unpaired) electrons. The van der Waals surface area contributed by atoms with Crippen LogP contribution in [0.15, 0.2) is 18.2 Å². The van der Waals surface area contributed by atoms with E-state index in [0.29, 0.717) is 18.9 Å². The summed E-state index contributed by atoms with van der Waals surface area (Å²) < 4.78 is 5.89.